The smallest absolute Gasteiger partial charge is 0.417 e. The molecule has 0 bridgehead atoms. The van der Waals surface area contributed by atoms with E-state index in [1.54, 1.807) is 0 Å². The van der Waals surface area contributed by atoms with Crippen LogP contribution in [0.5, 0.6) is 0 Å². The summed E-state index contributed by atoms with van der Waals surface area (Å²) in [5.41, 5.74) is 1.04. The lowest BCUT2D eigenvalue weighted by molar-refractivity contribution is 0.305. The van der Waals surface area contributed by atoms with Gasteiger partial charge in [0.15, 0.2) is 0 Å². The van der Waals surface area contributed by atoms with Crippen molar-refractivity contribution in [3.05, 3.63) is 42.3 Å². The zero-order chi connectivity index (χ0) is 7.94. The third kappa shape index (κ3) is 2.85. The Morgan fingerprint density at radius 2 is 2.09 bits per heavy atom. The van der Waals surface area contributed by atoms with Crippen molar-refractivity contribution in [3.63, 3.8) is 0 Å². The normalized spacial score (nSPS) is 9.09. The van der Waals surface area contributed by atoms with E-state index in [4.69, 9.17) is 0 Å². The van der Waals surface area contributed by atoms with Gasteiger partial charge < -0.3 is 4.74 Å². The van der Waals surface area contributed by atoms with Crippen molar-refractivity contribution in [2.24, 2.45) is 0 Å². The molecular weight excluding hydrogens is 140 g/mol. The van der Waals surface area contributed by atoms with E-state index in [-0.39, 0.29) is 6.61 Å². The lowest BCUT2D eigenvalue weighted by Gasteiger charge is -1.96. The van der Waals surface area contributed by atoms with E-state index in [1.165, 1.54) is 6.47 Å². The van der Waals surface area contributed by atoms with Crippen LogP contribution in [-0.2, 0) is 9.53 Å². The minimum atomic E-state index is 0.285. The van der Waals surface area contributed by atoms with Crippen molar-refractivity contribution < 1.29 is 9.53 Å². The molecule has 0 saturated heterocycles. The van der Waals surface area contributed by atoms with Crippen molar-refractivity contribution in [2.45, 2.75) is 0 Å². The third-order valence-electron chi connectivity index (χ3n) is 1.26. The minimum absolute atomic E-state index is 0.285. The first-order valence-corrected chi connectivity index (χ1v) is 3.30. The molecule has 11 heavy (non-hydrogen) atoms. The summed E-state index contributed by atoms with van der Waals surface area (Å²) in [5.74, 6) is 0. The Balaban J connectivity index is 2.33. The Bertz CT molecular complexity index is 206. The van der Waals surface area contributed by atoms with Crippen molar-refractivity contribution in [1.82, 2.24) is 0 Å². The molecule has 0 atom stereocenters. The highest BCUT2D eigenvalue weighted by Gasteiger charge is 1.90. The maximum Gasteiger partial charge on any atom is 0.417 e. The Labute approximate surface area is 65.8 Å². The zero-order valence-corrected chi connectivity index (χ0v) is 5.99. The lowest BCUT2D eigenvalue weighted by Crippen LogP contribution is -1.92. The van der Waals surface area contributed by atoms with Gasteiger partial charge in [-0.15, -0.1) is 0 Å². The molecule has 2 nitrogen and oxygen atoms in total. The van der Waals surface area contributed by atoms with Crippen LogP contribution in [0.2, 0.25) is 0 Å². The number of rotatable bonds is 4. The maximum atomic E-state index is 9.63. The van der Waals surface area contributed by atoms with Crippen LogP contribution in [-0.4, -0.2) is 13.1 Å². The average Bonchev–Trinajstić information content (AvgIpc) is 2.07. The number of carbonyl (C=O) groups excluding carboxylic acids is 1. The predicted octanol–water partition coefficient (Wildman–Crippen LogP) is 1.32. The second-order valence-electron chi connectivity index (χ2n) is 2.01. The maximum absolute atomic E-state index is 9.63. The first kappa shape index (κ1) is 7.79. The molecule has 0 aliphatic heterocycles. The summed E-state index contributed by atoms with van der Waals surface area (Å²) < 4.78 is 4.38. The first-order chi connectivity index (χ1) is 5.43. The Kier molecular flexibility index (Phi) is 3.19. The zero-order valence-electron chi connectivity index (χ0n) is 5.99. The van der Waals surface area contributed by atoms with Crippen LogP contribution in [0.15, 0.2) is 30.3 Å². The van der Waals surface area contributed by atoms with Crippen LogP contribution < -0.4 is 0 Å². The summed E-state index contributed by atoms with van der Waals surface area (Å²) in [4.78, 5) is 9.63. The fourth-order valence-corrected chi connectivity index (χ4v) is 0.761. The second kappa shape index (κ2) is 4.50. The Morgan fingerprint density at radius 3 is 2.73 bits per heavy atom. The highest BCUT2D eigenvalue weighted by atomic mass is 16.5. The molecule has 0 heterocycles. The summed E-state index contributed by atoms with van der Waals surface area (Å²) in [6, 6.07) is 9.67. The molecule has 0 aliphatic carbocycles. The average molecular weight is 148 g/mol. The highest BCUT2D eigenvalue weighted by Crippen LogP contribution is 2.00. The van der Waals surface area contributed by atoms with Crippen LogP contribution in [0.1, 0.15) is 5.56 Å². The number of hydrogen-bond acceptors (Lipinski definition) is 2. The summed E-state index contributed by atoms with van der Waals surface area (Å²) >= 11 is 0. The molecule has 2 heteroatoms. The van der Waals surface area contributed by atoms with Gasteiger partial charge in [-0.05, 0) is 5.56 Å². The number of ether oxygens (including phenoxy) is 1. The van der Waals surface area contributed by atoms with Gasteiger partial charge in [0, 0.05) is 6.42 Å². The largest absolute Gasteiger partial charge is 0.457 e. The Morgan fingerprint density at radius 1 is 1.36 bits per heavy atom. The second-order valence-corrected chi connectivity index (χ2v) is 2.01. The Hall–Kier alpha value is -1.31. The highest BCUT2D eigenvalue weighted by molar-refractivity contribution is 5.38. The van der Waals surface area contributed by atoms with Crippen molar-refractivity contribution in [3.8, 4) is 0 Å². The van der Waals surface area contributed by atoms with Gasteiger partial charge in [0.1, 0.15) is 0 Å². The molecular formula is C9H8O2. The van der Waals surface area contributed by atoms with Crippen LogP contribution >= 0.6 is 0 Å². The fourth-order valence-electron chi connectivity index (χ4n) is 0.761. The molecule has 1 rings (SSSR count). The molecule has 0 spiro atoms. The van der Waals surface area contributed by atoms with Gasteiger partial charge in [-0.3, -0.25) is 0 Å². The van der Waals surface area contributed by atoms with Gasteiger partial charge >= 0.3 is 6.47 Å². The molecule has 1 aromatic carbocycles. The molecule has 2 radical (unpaired) electrons. The number of benzene rings is 1. The van der Waals surface area contributed by atoms with E-state index in [9.17, 15) is 4.79 Å². The summed E-state index contributed by atoms with van der Waals surface area (Å²) in [7, 11) is 0. The van der Waals surface area contributed by atoms with E-state index in [0.717, 1.165) is 5.56 Å². The molecule has 0 aliphatic rings. The molecule has 1 aromatic rings. The van der Waals surface area contributed by atoms with Crippen LogP contribution in [0.3, 0.4) is 0 Å². The standard InChI is InChI=1S/C9H8O2/c10-8-11-7-6-9-4-2-1-3-5-9/h1-6H,7H2. The van der Waals surface area contributed by atoms with Crippen molar-refractivity contribution in [1.29, 1.82) is 0 Å². The predicted molar refractivity (Wildman–Crippen MR) is 41.5 cm³/mol. The van der Waals surface area contributed by atoms with E-state index in [2.05, 4.69) is 4.74 Å². The van der Waals surface area contributed by atoms with Gasteiger partial charge in [0.25, 0.3) is 0 Å². The molecule has 56 valence electrons. The summed E-state index contributed by atoms with van der Waals surface area (Å²) in [5, 5.41) is 0. The van der Waals surface area contributed by atoms with Crippen LogP contribution in [0, 0.1) is 6.42 Å². The topological polar surface area (TPSA) is 26.3 Å². The van der Waals surface area contributed by atoms with Crippen LogP contribution in [0.4, 0.5) is 0 Å². The molecule has 0 aromatic heterocycles. The van der Waals surface area contributed by atoms with E-state index in [1.807, 2.05) is 36.8 Å². The first-order valence-electron chi connectivity index (χ1n) is 3.30. The van der Waals surface area contributed by atoms with Gasteiger partial charge in [-0.2, -0.15) is 0 Å². The molecule has 0 amide bonds. The van der Waals surface area contributed by atoms with Gasteiger partial charge in [-0.25, -0.2) is 4.79 Å². The third-order valence-corrected chi connectivity index (χ3v) is 1.26. The van der Waals surface area contributed by atoms with Crippen molar-refractivity contribution >= 4 is 6.47 Å². The molecule has 0 unspecified atom stereocenters. The lowest BCUT2D eigenvalue weighted by atomic mass is 10.2. The molecule has 0 N–H and O–H groups in total. The molecule has 0 saturated carbocycles. The molecule has 0 fully saturated rings. The van der Waals surface area contributed by atoms with Crippen molar-refractivity contribution in [2.75, 3.05) is 6.61 Å². The quantitative estimate of drug-likeness (QED) is 0.602. The minimum Gasteiger partial charge on any atom is -0.457 e. The monoisotopic (exact) mass is 148 g/mol. The SMILES string of the molecule is O=[C]OC[CH]c1ccccc1. The van der Waals surface area contributed by atoms with E-state index >= 15 is 0 Å². The van der Waals surface area contributed by atoms with Crippen LogP contribution in [0.25, 0.3) is 0 Å². The van der Waals surface area contributed by atoms with Gasteiger partial charge in [-0.1, -0.05) is 30.3 Å². The van der Waals surface area contributed by atoms with Gasteiger partial charge in [0.2, 0.25) is 0 Å². The summed E-state index contributed by atoms with van der Waals surface area (Å²) in [6.07, 6.45) is 1.81. The fraction of sp³-hybridized carbons (Fsp3) is 0.111. The summed E-state index contributed by atoms with van der Waals surface area (Å²) in [6.45, 7) is 1.64. The van der Waals surface area contributed by atoms with Gasteiger partial charge in [0.05, 0.1) is 6.61 Å². The van der Waals surface area contributed by atoms with E-state index in [0.29, 0.717) is 0 Å². The number of hydrogen-bond donors (Lipinski definition) is 0. The van der Waals surface area contributed by atoms with E-state index < -0.39 is 0 Å².